The third-order valence-corrected chi connectivity index (χ3v) is 7.18. The van der Waals surface area contributed by atoms with Crippen LogP contribution in [0.5, 0.6) is 0 Å². The number of alkyl halides is 6. The van der Waals surface area contributed by atoms with Gasteiger partial charge in [0.25, 0.3) is 9.84 Å². The number of hydrogen-bond donors (Lipinski definition) is 1. The quantitative estimate of drug-likeness (QED) is 0.324. The van der Waals surface area contributed by atoms with Gasteiger partial charge in [-0.2, -0.15) is 30.9 Å². The van der Waals surface area contributed by atoms with Crippen molar-refractivity contribution in [1.29, 1.82) is 0 Å². The minimum absolute atomic E-state index is 0.104. The molecule has 1 aromatic rings. The first-order valence-electron chi connectivity index (χ1n) is 5.26. The molecule has 0 aliphatic carbocycles. The van der Waals surface area contributed by atoms with E-state index in [9.17, 15) is 39.0 Å². The zero-order valence-corrected chi connectivity index (χ0v) is 13.8. The molecule has 0 bridgehead atoms. The first-order chi connectivity index (χ1) is 10.1. The topological polar surface area (TPSA) is 75.3 Å². The average molecular weight is 451 g/mol. The maximum atomic E-state index is 12.6. The molecular weight excluding hydrogens is 444 g/mol. The molecule has 1 rings (SSSR count). The van der Waals surface area contributed by atoms with Gasteiger partial charge < -0.3 is 4.55 Å². The highest BCUT2D eigenvalue weighted by molar-refractivity contribution is 9.10. The maximum Gasteiger partial charge on any atom is 0.502 e. The number of rotatable bonds is 2. The van der Waals surface area contributed by atoms with Gasteiger partial charge in [0.1, 0.15) is 0 Å². The monoisotopic (exact) mass is 450 g/mol. The second-order valence-corrected chi connectivity index (χ2v) is 8.98. The Bertz CT molecular complexity index is 823. The van der Waals surface area contributed by atoms with Crippen molar-refractivity contribution >= 4 is 39.8 Å². The first kappa shape index (κ1) is 20.2. The molecule has 1 heterocycles. The number of halogens is 7. The molecule has 0 spiro atoms. The Kier molecular flexibility index (Phi) is 5.46. The van der Waals surface area contributed by atoms with E-state index in [4.69, 9.17) is 4.55 Å². The van der Waals surface area contributed by atoms with Gasteiger partial charge in [-0.1, -0.05) is 0 Å². The lowest BCUT2D eigenvalue weighted by Crippen LogP contribution is -2.49. The third kappa shape index (κ3) is 3.97. The molecule has 0 aromatic carbocycles. The Morgan fingerprint density at radius 2 is 1.61 bits per heavy atom. The van der Waals surface area contributed by atoms with Crippen LogP contribution in [0.4, 0.5) is 26.3 Å². The fourth-order valence-corrected chi connectivity index (χ4v) is 4.59. The van der Waals surface area contributed by atoms with Gasteiger partial charge in [-0.25, -0.2) is 12.6 Å². The smallest absolute Gasteiger partial charge is 0.306 e. The zero-order chi connectivity index (χ0) is 18.3. The van der Waals surface area contributed by atoms with E-state index in [1.54, 1.807) is 0 Å². The Hall–Kier alpha value is -0.860. The van der Waals surface area contributed by atoms with Crippen LogP contribution in [0, 0.1) is 0 Å². The largest absolute Gasteiger partial charge is 0.502 e. The standard InChI is InChI=1S/C9H6BrF6NO4S2/c10-6-3-1-2-4-17(6)5-7(22(18,19)8(11,12)13)23(20,21)9(14,15)16/h1-4H,5H2/p+1. The van der Waals surface area contributed by atoms with Crippen molar-refractivity contribution in [3.8, 4) is 0 Å². The fourth-order valence-electron chi connectivity index (χ4n) is 1.30. The molecule has 1 atom stereocenters. The van der Waals surface area contributed by atoms with E-state index < -0.39 is 41.4 Å². The van der Waals surface area contributed by atoms with Crippen molar-refractivity contribution in [3.63, 3.8) is 0 Å². The minimum Gasteiger partial charge on any atom is -0.306 e. The highest BCUT2D eigenvalue weighted by atomic mass is 79.9. The zero-order valence-electron chi connectivity index (χ0n) is 10.6. The summed E-state index contributed by atoms with van der Waals surface area (Å²) in [5, 5.41) is 0. The molecule has 132 valence electrons. The molecule has 0 radical (unpaired) electrons. The first-order valence-corrected chi connectivity index (χ1v) is 9.05. The third-order valence-electron chi connectivity index (χ3n) is 2.41. The van der Waals surface area contributed by atoms with Crippen molar-refractivity contribution in [2.24, 2.45) is 0 Å². The average Bonchev–Trinajstić information content (AvgIpc) is 2.34. The fraction of sp³-hybridized carbons (Fsp3) is 0.333. The van der Waals surface area contributed by atoms with E-state index in [2.05, 4.69) is 15.9 Å². The van der Waals surface area contributed by atoms with Crippen LogP contribution in [-0.4, -0.2) is 32.4 Å². The van der Waals surface area contributed by atoms with E-state index in [0.717, 1.165) is 6.20 Å². The van der Waals surface area contributed by atoms with E-state index in [-0.39, 0.29) is 4.60 Å². The predicted molar refractivity (Wildman–Crippen MR) is 71.1 cm³/mol. The molecule has 23 heavy (non-hydrogen) atoms. The highest BCUT2D eigenvalue weighted by Gasteiger charge is 2.57. The van der Waals surface area contributed by atoms with Crippen LogP contribution in [0.1, 0.15) is 0 Å². The molecule has 0 aliphatic rings. The second kappa shape index (κ2) is 6.22. The maximum absolute atomic E-state index is 12.6. The number of sulfone groups is 1. The van der Waals surface area contributed by atoms with Crippen molar-refractivity contribution in [2.45, 2.75) is 17.6 Å². The van der Waals surface area contributed by atoms with Crippen LogP contribution in [0.3, 0.4) is 0 Å². The molecule has 1 unspecified atom stereocenters. The second-order valence-electron chi connectivity index (χ2n) is 3.94. The Morgan fingerprint density at radius 3 is 2.00 bits per heavy atom. The number of hydrogen-bond acceptors (Lipinski definition) is 3. The number of pyridine rings is 1. The van der Waals surface area contributed by atoms with Gasteiger partial charge in [0.05, 0.1) is 0 Å². The number of nitrogens with zero attached hydrogens (tertiary/aromatic N) is 1. The normalized spacial score (nSPS) is 16.0. The summed E-state index contributed by atoms with van der Waals surface area (Å²) >= 11 is 2.78. The molecule has 0 saturated heterocycles. The van der Waals surface area contributed by atoms with Gasteiger partial charge in [0.2, 0.25) is 18.6 Å². The Labute approximate surface area is 134 Å². The molecular formula is C9H7BrF6NO4S2+. The molecule has 0 amide bonds. The summed E-state index contributed by atoms with van der Waals surface area (Å²) in [6, 6.07) is 3.71. The summed E-state index contributed by atoms with van der Waals surface area (Å²) in [5.41, 5.74) is -12.3. The van der Waals surface area contributed by atoms with Gasteiger partial charge in [-0.15, -0.1) is 0 Å². The summed E-state index contributed by atoms with van der Waals surface area (Å²) in [4.78, 5) is 0. The van der Waals surface area contributed by atoms with Gasteiger partial charge in [0, 0.05) is 28.1 Å². The van der Waals surface area contributed by atoms with Gasteiger partial charge in [-0.3, -0.25) is 0 Å². The van der Waals surface area contributed by atoms with Crippen molar-refractivity contribution in [3.05, 3.63) is 29.0 Å². The minimum atomic E-state index is -6.66. The predicted octanol–water partition coefficient (Wildman–Crippen LogP) is 2.08. The molecule has 1 N–H and O–H groups in total. The summed E-state index contributed by atoms with van der Waals surface area (Å²) in [7, 11) is -13.1. The lowest BCUT2D eigenvalue weighted by Gasteiger charge is -2.15. The summed E-state index contributed by atoms with van der Waals surface area (Å²) in [6.45, 7) is -1.61. The van der Waals surface area contributed by atoms with E-state index >= 15 is 0 Å². The lowest BCUT2D eigenvalue weighted by atomic mass is 10.5. The van der Waals surface area contributed by atoms with Gasteiger partial charge in [-0.05, 0) is 6.07 Å². The SMILES string of the molecule is O=S(=O)(C(C[n+]1ccccc1Br)=S(=O)(O)C(F)(F)F)C(F)(F)F. The summed E-state index contributed by atoms with van der Waals surface area (Å²) < 4.78 is 117. The van der Waals surface area contributed by atoms with E-state index in [1.807, 2.05) is 0 Å². The highest BCUT2D eigenvalue weighted by Crippen LogP contribution is 2.31. The summed E-state index contributed by atoms with van der Waals surface area (Å²) in [6.07, 6.45) is 0.932. The van der Waals surface area contributed by atoms with Crippen LogP contribution < -0.4 is 4.57 Å². The van der Waals surface area contributed by atoms with Crippen LogP contribution in [0.2, 0.25) is 0 Å². The van der Waals surface area contributed by atoms with Crippen molar-refractivity contribution in [1.82, 2.24) is 0 Å². The molecule has 0 saturated carbocycles. The van der Waals surface area contributed by atoms with Crippen LogP contribution >= 0.6 is 15.9 Å². The van der Waals surface area contributed by atoms with E-state index in [0.29, 0.717) is 4.57 Å². The van der Waals surface area contributed by atoms with E-state index in [1.165, 1.54) is 18.2 Å². The van der Waals surface area contributed by atoms with Crippen LogP contribution in [0.25, 0.3) is 0 Å². The van der Waals surface area contributed by atoms with Gasteiger partial charge in [0.15, 0.2) is 12.7 Å². The molecule has 0 aliphatic heterocycles. The summed E-state index contributed by atoms with van der Waals surface area (Å²) in [5.74, 6) is 0. The lowest BCUT2D eigenvalue weighted by molar-refractivity contribution is -0.692. The van der Waals surface area contributed by atoms with Crippen molar-refractivity contribution in [2.75, 3.05) is 0 Å². The van der Waals surface area contributed by atoms with Crippen LogP contribution in [-0.2, 0) is 26.2 Å². The molecule has 14 heteroatoms. The molecule has 1 aromatic heterocycles. The molecule has 5 nitrogen and oxygen atoms in total. The number of aromatic nitrogens is 1. The Morgan fingerprint density at radius 1 is 1.09 bits per heavy atom. The van der Waals surface area contributed by atoms with Crippen LogP contribution in [0.15, 0.2) is 29.0 Å². The Balaban J connectivity index is 3.78. The van der Waals surface area contributed by atoms with Crippen molar-refractivity contribution < 1.29 is 48.1 Å². The molecule has 0 fully saturated rings. The van der Waals surface area contributed by atoms with Gasteiger partial charge >= 0.3 is 11.0 Å².